The molecule has 1 aromatic rings. The van der Waals surface area contributed by atoms with Gasteiger partial charge >= 0.3 is 6.09 Å². The Kier molecular flexibility index (Phi) is 4.89. The molecule has 1 fully saturated rings. The Labute approximate surface area is 143 Å². The number of nitrogens with zero attached hydrogens (tertiary/aromatic N) is 3. The Morgan fingerprint density at radius 2 is 2.29 bits per heavy atom. The number of carbonyl (C=O) groups excluding carboxylic acids is 1. The molecule has 1 aromatic heterocycles. The SMILES string of the molecule is CC(C)(C)OC(=O)N[C@@H]1CCCN(c2nncc3c2CCNC3)C1. The smallest absolute Gasteiger partial charge is 0.407 e. The molecule has 7 heteroatoms. The summed E-state index contributed by atoms with van der Waals surface area (Å²) in [6.45, 7) is 9.15. The highest BCUT2D eigenvalue weighted by Crippen LogP contribution is 2.26. The quantitative estimate of drug-likeness (QED) is 0.856. The Bertz CT molecular complexity index is 599. The van der Waals surface area contributed by atoms with Crippen molar-refractivity contribution in [3.8, 4) is 0 Å². The third kappa shape index (κ3) is 4.14. The summed E-state index contributed by atoms with van der Waals surface area (Å²) in [5.74, 6) is 0.977. The number of amides is 1. The van der Waals surface area contributed by atoms with Crippen molar-refractivity contribution in [1.82, 2.24) is 20.8 Å². The van der Waals surface area contributed by atoms with Crippen LogP contribution in [-0.2, 0) is 17.7 Å². The first-order chi connectivity index (χ1) is 11.4. The number of aromatic nitrogens is 2. The molecule has 3 heterocycles. The van der Waals surface area contributed by atoms with Gasteiger partial charge in [0.05, 0.1) is 6.20 Å². The third-order valence-corrected chi connectivity index (χ3v) is 4.33. The minimum atomic E-state index is -0.477. The molecule has 132 valence electrons. The second kappa shape index (κ2) is 6.93. The van der Waals surface area contributed by atoms with E-state index in [4.69, 9.17) is 4.74 Å². The minimum absolute atomic E-state index is 0.0768. The summed E-state index contributed by atoms with van der Waals surface area (Å²) >= 11 is 0. The molecule has 0 aliphatic carbocycles. The molecule has 1 saturated heterocycles. The zero-order chi connectivity index (χ0) is 17.2. The highest BCUT2D eigenvalue weighted by atomic mass is 16.6. The van der Waals surface area contributed by atoms with Crippen LogP contribution in [0, 0.1) is 0 Å². The van der Waals surface area contributed by atoms with Crippen LogP contribution in [0.25, 0.3) is 0 Å². The van der Waals surface area contributed by atoms with Crippen molar-refractivity contribution in [2.24, 2.45) is 0 Å². The van der Waals surface area contributed by atoms with E-state index in [2.05, 4.69) is 25.7 Å². The second-order valence-electron chi connectivity index (χ2n) is 7.53. The second-order valence-corrected chi connectivity index (χ2v) is 7.53. The van der Waals surface area contributed by atoms with Crippen LogP contribution in [0.5, 0.6) is 0 Å². The number of fused-ring (bicyclic) bond motifs is 1. The van der Waals surface area contributed by atoms with E-state index in [0.717, 1.165) is 51.3 Å². The van der Waals surface area contributed by atoms with Crippen molar-refractivity contribution in [2.75, 3.05) is 24.5 Å². The lowest BCUT2D eigenvalue weighted by Crippen LogP contribution is -2.49. The van der Waals surface area contributed by atoms with E-state index in [-0.39, 0.29) is 12.1 Å². The van der Waals surface area contributed by atoms with Crippen LogP contribution >= 0.6 is 0 Å². The van der Waals surface area contributed by atoms with E-state index in [9.17, 15) is 4.79 Å². The predicted molar refractivity (Wildman–Crippen MR) is 92.0 cm³/mol. The summed E-state index contributed by atoms with van der Waals surface area (Å²) in [7, 11) is 0. The zero-order valence-electron chi connectivity index (χ0n) is 14.8. The summed E-state index contributed by atoms with van der Waals surface area (Å²) < 4.78 is 5.37. The fraction of sp³-hybridized carbons (Fsp3) is 0.706. The van der Waals surface area contributed by atoms with Gasteiger partial charge in [0.25, 0.3) is 0 Å². The van der Waals surface area contributed by atoms with Crippen molar-refractivity contribution >= 4 is 11.9 Å². The molecule has 0 bridgehead atoms. The van der Waals surface area contributed by atoms with Crippen LogP contribution < -0.4 is 15.5 Å². The Morgan fingerprint density at radius 3 is 3.08 bits per heavy atom. The fourth-order valence-corrected chi connectivity index (χ4v) is 3.31. The molecule has 1 amide bonds. The largest absolute Gasteiger partial charge is 0.444 e. The number of anilines is 1. The van der Waals surface area contributed by atoms with Crippen molar-refractivity contribution < 1.29 is 9.53 Å². The lowest BCUT2D eigenvalue weighted by molar-refractivity contribution is 0.0500. The van der Waals surface area contributed by atoms with Gasteiger partial charge in [-0.1, -0.05) is 0 Å². The highest BCUT2D eigenvalue weighted by Gasteiger charge is 2.27. The minimum Gasteiger partial charge on any atom is -0.444 e. The molecule has 0 saturated carbocycles. The number of alkyl carbamates (subject to hydrolysis) is 1. The lowest BCUT2D eigenvalue weighted by atomic mass is 10.0. The molecule has 2 N–H and O–H groups in total. The maximum absolute atomic E-state index is 12.0. The van der Waals surface area contributed by atoms with Crippen LogP contribution in [0.4, 0.5) is 10.6 Å². The monoisotopic (exact) mass is 333 g/mol. The maximum Gasteiger partial charge on any atom is 0.407 e. The number of rotatable bonds is 2. The summed E-state index contributed by atoms with van der Waals surface area (Å²) in [5, 5.41) is 14.9. The highest BCUT2D eigenvalue weighted by molar-refractivity contribution is 5.68. The van der Waals surface area contributed by atoms with Gasteiger partial charge < -0.3 is 20.3 Å². The van der Waals surface area contributed by atoms with E-state index >= 15 is 0 Å². The van der Waals surface area contributed by atoms with E-state index in [0.29, 0.717) is 0 Å². The molecular formula is C17H27N5O2. The molecule has 1 atom stereocenters. The molecule has 2 aliphatic heterocycles. The fourth-order valence-electron chi connectivity index (χ4n) is 3.31. The van der Waals surface area contributed by atoms with Crippen LogP contribution in [0.15, 0.2) is 6.20 Å². The average molecular weight is 333 g/mol. The first kappa shape index (κ1) is 17.0. The number of nitrogens with one attached hydrogen (secondary N) is 2. The van der Waals surface area contributed by atoms with Crippen molar-refractivity contribution in [3.63, 3.8) is 0 Å². The van der Waals surface area contributed by atoms with Gasteiger partial charge in [-0.05, 0) is 52.1 Å². The van der Waals surface area contributed by atoms with Gasteiger partial charge in [0.1, 0.15) is 5.60 Å². The van der Waals surface area contributed by atoms with Gasteiger partial charge in [-0.25, -0.2) is 4.79 Å². The van der Waals surface area contributed by atoms with E-state index in [1.165, 1.54) is 11.1 Å². The molecule has 0 spiro atoms. The number of ether oxygens (including phenoxy) is 1. The molecule has 7 nitrogen and oxygen atoms in total. The Hall–Kier alpha value is -1.89. The summed E-state index contributed by atoms with van der Waals surface area (Å²) in [5.41, 5.74) is 2.05. The number of piperidine rings is 1. The van der Waals surface area contributed by atoms with Gasteiger partial charge in [-0.3, -0.25) is 0 Å². The number of hydrogen-bond acceptors (Lipinski definition) is 6. The molecular weight excluding hydrogens is 306 g/mol. The summed E-state index contributed by atoms with van der Waals surface area (Å²) in [6.07, 6.45) is 4.45. The summed E-state index contributed by atoms with van der Waals surface area (Å²) in [4.78, 5) is 14.3. The Morgan fingerprint density at radius 1 is 1.46 bits per heavy atom. The van der Waals surface area contributed by atoms with Crippen molar-refractivity contribution in [1.29, 1.82) is 0 Å². The number of carbonyl (C=O) groups is 1. The van der Waals surface area contributed by atoms with Crippen LogP contribution in [0.2, 0.25) is 0 Å². The first-order valence-electron chi connectivity index (χ1n) is 8.71. The standard InChI is InChI=1S/C17H27N5O2/c1-17(2,3)24-16(23)20-13-5-4-8-22(11-13)15-14-6-7-18-9-12(14)10-19-21-15/h10,13,18H,4-9,11H2,1-3H3,(H,20,23)/t13-/m1/s1. The van der Waals surface area contributed by atoms with Crippen molar-refractivity contribution in [2.45, 2.75) is 58.2 Å². The van der Waals surface area contributed by atoms with E-state index in [1.54, 1.807) is 0 Å². The van der Waals surface area contributed by atoms with Gasteiger partial charge in [0, 0.05) is 31.2 Å². The molecule has 2 aliphatic rings. The third-order valence-electron chi connectivity index (χ3n) is 4.33. The molecule has 24 heavy (non-hydrogen) atoms. The van der Waals surface area contributed by atoms with Gasteiger partial charge in [0.15, 0.2) is 5.82 Å². The van der Waals surface area contributed by atoms with E-state index in [1.807, 2.05) is 27.0 Å². The van der Waals surface area contributed by atoms with Crippen LogP contribution in [0.3, 0.4) is 0 Å². The molecule has 3 rings (SSSR count). The first-order valence-corrected chi connectivity index (χ1v) is 8.71. The maximum atomic E-state index is 12.0. The molecule has 0 aromatic carbocycles. The summed E-state index contributed by atoms with van der Waals surface area (Å²) in [6, 6.07) is 0.0768. The van der Waals surface area contributed by atoms with Crippen molar-refractivity contribution in [3.05, 3.63) is 17.3 Å². The van der Waals surface area contributed by atoms with Gasteiger partial charge in [0.2, 0.25) is 0 Å². The van der Waals surface area contributed by atoms with E-state index < -0.39 is 5.60 Å². The number of hydrogen-bond donors (Lipinski definition) is 2. The molecule has 0 unspecified atom stereocenters. The zero-order valence-corrected chi connectivity index (χ0v) is 14.8. The predicted octanol–water partition coefficient (Wildman–Crippen LogP) is 1.62. The lowest BCUT2D eigenvalue weighted by Gasteiger charge is -2.35. The topological polar surface area (TPSA) is 79.4 Å². The van der Waals surface area contributed by atoms with Gasteiger partial charge in [-0.2, -0.15) is 5.10 Å². The Balaban J connectivity index is 1.67. The normalized spacial score (nSPS) is 21.1. The van der Waals surface area contributed by atoms with Gasteiger partial charge in [-0.15, -0.1) is 5.10 Å². The average Bonchev–Trinajstić information content (AvgIpc) is 2.52. The molecule has 0 radical (unpaired) electrons. The van der Waals surface area contributed by atoms with Crippen LogP contribution in [-0.4, -0.2) is 47.6 Å². The van der Waals surface area contributed by atoms with Crippen LogP contribution in [0.1, 0.15) is 44.7 Å².